The average Bonchev–Trinajstić information content (AvgIpc) is 2.62. The van der Waals surface area contributed by atoms with Crippen LogP contribution in [0.15, 0.2) is 54.6 Å². The lowest BCUT2D eigenvalue weighted by Gasteiger charge is -2.17. The molecule has 0 saturated heterocycles. The minimum Gasteiger partial charge on any atom is -0.378 e. The molecule has 0 saturated carbocycles. The number of amides is 2. The molecule has 5 nitrogen and oxygen atoms in total. The van der Waals surface area contributed by atoms with Crippen molar-refractivity contribution in [1.82, 2.24) is 0 Å². The number of benzene rings is 2. The first-order valence-electron chi connectivity index (χ1n) is 8.36. The Morgan fingerprint density at radius 3 is 2.08 bits per heavy atom. The summed E-state index contributed by atoms with van der Waals surface area (Å²) in [6.45, 7) is 0. The number of rotatable bonds is 7. The molecule has 0 bridgehead atoms. The highest BCUT2D eigenvalue weighted by atomic mass is 16.2. The Bertz CT molecular complexity index is 697. The summed E-state index contributed by atoms with van der Waals surface area (Å²) in [4.78, 5) is 27.8. The highest BCUT2D eigenvalue weighted by Crippen LogP contribution is 2.16. The molecule has 1 N–H and O–H groups in total. The van der Waals surface area contributed by atoms with E-state index in [1.54, 1.807) is 11.9 Å². The first-order valence-corrected chi connectivity index (χ1v) is 8.36. The van der Waals surface area contributed by atoms with Crippen LogP contribution in [0.25, 0.3) is 0 Å². The van der Waals surface area contributed by atoms with Crippen molar-refractivity contribution < 1.29 is 9.59 Å². The Kier molecular flexibility index (Phi) is 6.57. The maximum absolute atomic E-state index is 12.2. The number of para-hydroxylation sites is 1. The van der Waals surface area contributed by atoms with E-state index in [0.29, 0.717) is 19.3 Å². The molecule has 132 valence electrons. The molecule has 0 aliphatic carbocycles. The van der Waals surface area contributed by atoms with Gasteiger partial charge in [-0.05, 0) is 42.8 Å². The number of carbonyl (C=O) groups is 2. The van der Waals surface area contributed by atoms with Gasteiger partial charge in [0, 0.05) is 51.0 Å². The van der Waals surface area contributed by atoms with E-state index in [9.17, 15) is 9.59 Å². The Hall–Kier alpha value is -2.82. The minimum atomic E-state index is -0.0761. The lowest BCUT2D eigenvalue weighted by molar-refractivity contribution is -0.118. The van der Waals surface area contributed by atoms with Crippen LogP contribution in [0, 0.1) is 0 Å². The summed E-state index contributed by atoms with van der Waals surface area (Å²) in [5, 5.41) is 2.86. The van der Waals surface area contributed by atoms with Crippen LogP contribution in [0.5, 0.6) is 0 Å². The van der Waals surface area contributed by atoms with Crippen LogP contribution in [-0.2, 0) is 9.59 Å². The highest BCUT2D eigenvalue weighted by Gasteiger charge is 2.11. The molecular weight excluding hydrogens is 314 g/mol. The SMILES string of the molecule is CN(C)c1ccc(NC(=O)CCCC(=O)N(C)c2ccccc2)cc1. The Labute approximate surface area is 149 Å². The maximum atomic E-state index is 12.2. The number of hydrogen-bond acceptors (Lipinski definition) is 3. The molecular formula is C20H25N3O2. The van der Waals surface area contributed by atoms with Gasteiger partial charge in [0.05, 0.1) is 0 Å². The van der Waals surface area contributed by atoms with Gasteiger partial charge in [0.25, 0.3) is 0 Å². The second-order valence-corrected chi connectivity index (χ2v) is 6.13. The van der Waals surface area contributed by atoms with Gasteiger partial charge in [0.15, 0.2) is 0 Å². The van der Waals surface area contributed by atoms with Gasteiger partial charge >= 0.3 is 0 Å². The van der Waals surface area contributed by atoms with Crippen molar-refractivity contribution >= 4 is 28.9 Å². The van der Waals surface area contributed by atoms with E-state index < -0.39 is 0 Å². The fourth-order valence-corrected chi connectivity index (χ4v) is 2.43. The number of nitrogens with zero attached hydrogens (tertiary/aromatic N) is 2. The molecule has 2 aromatic rings. The van der Waals surface area contributed by atoms with E-state index in [0.717, 1.165) is 17.1 Å². The molecule has 25 heavy (non-hydrogen) atoms. The number of anilines is 3. The third-order valence-electron chi connectivity index (χ3n) is 3.98. The molecule has 0 fully saturated rings. The Balaban J connectivity index is 1.75. The lowest BCUT2D eigenvalue weighted by atomic mass is 10.2. The molecule has 0 spiro atoms. The van der Waals surface area contributed by atoms with E-state index in [1.165, 1.54) is 0 Å². The molecule has 2 aromatic carbocycles. The molecule has 0 aromatic heterocycles. The van der Waals surface area contributed by atoms with Crippen molar-refractivity contribution in [2.75, 3.05) is 36.3 Å². The van der Waals surface area contributed by atoms with Gasteiger partial charge in [0.1, 0.15) is 0 Å². The average molecular weight is 339 g/mol. The highest BCUT2D eigenvalue weighted by molar-refractivity contribution is 5.94. The van der Waals surface area contributed by atoms with Crippen molar-refractivity contribution in [2.24, 2.45) is 0 Å². The third kappa shape index (κ3) is 5.64. The lowest BCUT2D eigenvalue weighted by Crippen LogP contribution is -2.26. The molecule has 0 heterocycles. The summed E-state index contributed by atoms with van der Waals surface area (Å²) >= 11 is 0. The van der Waals surface area contributed by atoms with Gasteiger partial charge in [-0.1, -0.05) is 18.2 Å². The van der Waals surface area contributed by atoms with E-state index >= 15 is 0 Å². The van der Waals surface area contributed by atoms with Crippen LogP contribution >= 0.6 is 0 Å². The molecule has 5 heteroatoms. The summed E-state index contributed by atoms with van der Waals surface area (Å²) < 4.78 is 0. The quantitative estimate of drug-likeness (QED) is 0.840. The maximum Gasteiger partial charge on any atom is 0.226 e. The predicted octanol–water partition coefficient (Wildman–Crippen LogP) is 3.52. The summed E-state index contributed by atoms with van der Waals surface area (Å²) in [5.41, 5.74) is 2.70. The van der Waals surface area contributed by atoms with E-state index in [-0.39, 0.29) is 11.8 Å². The molecule has 2 amide bonds. The van der Waals surface area contributed by atoms with Crippen LogP contribution in [-0.4, -0.2) is 33.0 Å². The Morgan fingerprint density at radius 1 is 0.840 bits per heavy atom. The number of nitrogens with one attached hydrogen (secondary N) is 1. The van der Waals surface area contributed by atoms with E-state index in [1.807, 2.05) is 73.6 Å². The summed E-state index contributed by atoms with van der Waals surface area (Å²) in [6.07, 6.45) is 1.19. The topological polar surface area (TPSA) is 52.7 Å². The van der Waals surface area contributed by atoms with Gasteiger partial charge in [-0.2, -0.15) is 0 Å². The molecule has 0 atom stereocenters. The molecule has 0 unspecified atom stereocenters. The van der Waals surface area contributed by atoms with Gasteiger partial charge in [-0.15, -0.1) is 0 Å². The van der Waals surface area contributed by atoms with Crippen LogP contribution in [0.1, 0.15) is 19.3 Å². The fraction of sp³-hybridized carbons (Fsp3) is 0.300. The first kappa shape index (κ1) is 18.5. The monoisotopic (exact) mass is 339 g/mol. The zero-order valence-corrected chi connectivity index (χ0v) is 15.0. The van der Waals surface area contributed by atoms with Gasteiger partial charge < -0.3 is 15.1 Å². The first-order chi connectivity index (χ1) is 12.0. The largest absolute Gasteiger partial charge is 0.378 e. The van der Waals surface area contributed by atoms with Gasteiger partial charge in [-0.25, -0.2) is 0 Å². The van der Waals surface area contributed by atoms with Crippen molar-refractivity contribution in [3.8, 4) is 0 Å². The minimum absolute atomic E-state index is 0.00864. The zero-order valence-electron chi connectivity index (χ0n) is 15.0. The van der Waals surface area contributed by atoms with Crippen molar-refractivity contribution in [3.05, 3.63) is 54.6 Å². The zero-order chi connectivity index (χ0) is 18.2. The Morgan fingerprint density at radius 2 is 1.48 bits per heavy atom. The van der Waals surface area contributed by atoms with Crippen LogP contribution in [0.2, 0.25) is 0 Å². The second kappa shape index (κ2) is 8.87. The fourth-order valence-electron chi connectivity index (χ4n) is 2.43. The van der Waals surface area contributed by atoms with Crippen LogP contribution < -0.4 is 15.1 Å². The molecule has 0 aliphatic rings. The van der Waals surface area contributed by atoms with Crippen molar-refractivity contribution in [1.29, 1.82) is 0 Å². The normalized spacial score (nSPS) is 10.2. The number of carbonyl (C=O) groups excluding carboxylic acids is 2. The van der Waals surface area contributed by atoms with Gasteiger partial charge in [-0.3, -0.25) is 9.59 Å². The van der Waals surface area contributed by atoms with Crippen molar-refractivity contribution in [2.45, 2.75) is 19.3 Å². The molecule has 0 aliphatic heterocycles. The summed E-state index contributed by atoms with van der Waals surface area (Å²) in [5.74, 6) is -0.0675. The van der Waals surface area contributed by atoms with E-state index in [4.69, 9.17) is 0 Å². The third-order valence-corrected chi connectivity index (χ3v) is 3.98. The van der Waals surface area contributed by atoms with E-state index in [2.05, 4.69) is 5.32 Å². The molecule has 2 rings (SSSR count). The summed E-state index contributed by atoms with van der Waals surface area (Å²) in [6, 6.07) is 17.1. The second-order valence-electron chi connectivity index (χ2n) is 6.13. The van der Waals surface area contributed by atoms with Crippen LogP contribution in [0.4, 0.5) is 17.1 Å². The summed E-state index contributed by atoms with van der Waals surface area (Å²) in [7, 11) is 5.69. The van der Waals surface area contributed by atoms with Crippen molar-refractivity contribution in [3.63, 3.8) is 0 Å². The van der Waals surface area contributed by atoms with Gasteiger partial charge in [0.2, 0.25) is 11.8 Å². The standard InChI is InChI=1S/C20H25N3O2/c1-22(2)17-14-12-16(13-15-17)21-19(24)10-7-11-20(25)23(3)18-8-5-4-6-9-18/h4-6,8-9,12-15H,7,10-11H2,1-3H3,(H,21,24). The number of hydrogen-bond donors (Lipinski definition) is 1. The predicted molar refractivity (Wildman–Crippen MR) is 103 cm³/mol. The molecule has 0 radical (unpaired) electrons. The van der Waals surface area contributed by atoms with Crippen LogP contribution in [0.3, 0.4) is 0 Å². The smallest absolute Gasteiger partial charge is 0.226 e.